The summed E-state index contributed by atoms with van der Waals surface area (Å²) in [7, 11) is 1.55. The van der Waals surface area contributed by atoms with Crippen molar-refractivity contribution in [3.05, 3.63) is 57.2 Å². The zero-order valence-corrected chi connectivity index (χ0v) is 20.8. The van der Waals surface area contributed by atoms with Crippen molar-refractivity contribution in [1.29, 1.82) is 0 Å². The third kappa shape index (κ3) is 5.49. The summed E-state index contributed by atoms with van der Waals surface area (Å²) in [5, 5.41) is 6.08. The molecular formula is C24H28ClN3O5S. The van der Waals surface area contributed by atoms with E-state index in [2.05, 4.69) is 10.3 Å². The average Bonchev–Trinajstić information content (AvgIpc) is 3.47. The summed E-state index contributed by atoms with van der Waals surface area (Å²) in [5.74, 6) is -0.599. The molecule has 0 aromatic heterocycles. The van der Waals surface area contributed by atoms with Crippen LogP contribution in [-0.2, 0) is 23.8 Å². The smallest absolute Gasteiger partial charge is 0.338 e. The van der Waals surface area contributed by atoms with E-state index in [0.717, 1.165) is 30.7 Å². The number of amides is 1. The third-order valence-electron chi connectivity index (χ3n) is 5.83. The standard InChI is InChI=1S/C24H28ClN3O5S/c1-15-21(23(30)33-11-10-31-2)22(18-7-3-4-8-19(18)25)28-16(14-34-24(28)27-15)12-20(29)26-13-17-6-5-9-32-17/h3-4,7-8,14,17,22H,5-6,9-13H2,1-2H3,(H,26,29)/t17-,22+/m1/s1. The Kier molecular flexibility index (Phi) is 8.31. The van der Waals surface area contributed by atoms with Crippen molar-refractivity contribution in [1.82, 2.24) is 10.2 Å². The van der Waals surface area contributed by atoms with Crippen LogP contribution in [-0.4, -0.2) is 61.5 Å². The average molecular weight is 506 g/mol. The van der Waals surface area contributed by atoms with Crippen LogP contribution in [0.2, 0.25) is 5.02 Å². The number of aliphatic imine (C=N–C) groups is 1. The Bertz CT molecular complexity index is 1040. The Morgan fingerprint density at radius 1 is 1.32 bits per heavy atom. The molecule has 2 atom stereocenters. The van der Waals surface area contributed by atoms with Crippen LogP contribution in [0.5, 0.6) is 0 Å². The number of fused-ring (bicyclic) bond motifs is 1. The molecule has 0 spiro atoms. The number of ether oxygens (including phenoxy) is 3. The summed E-state index contributed by atoms with van der Waals surface area (Å²) in [6.45, 7) is 3.43. The van der Waals surface area contributed by atoms with E-state index in [1.54, 1.807) is 20.1 Å². The van der Waals surface area contributed by atoms with Crippen LogP contribution >= 0.6 is 23.4 Å². The number of nitrogens with zero attached hydrogens (tertiary/aromatic N) is 2. The Morgan fingerprint density at radius 2 is 2.15 bits per heavy atom. The summed E-state index contributed by atoms with van der Waals surface area (Å²) >= 11 is 8.01. The molecule has 1 saturated heterocycles. The van der Waals surface area contributed by atoms with Gasteiger partial charge in [-0.2, -0.15) is 0 Å². The Hall–Kier alpha value is -2.33. The van der Waals surface area contributed by atoms with Crippen LogP contribution in [0.25, 0.3) is 0 Å². The highest BCUT2D eigenvalue weighted by molar-refractivity contribution is 8.16. The normalized spacial score (nSPS) is 21.8. The molecule has 3 aliphatic heterocycles. The molecule has 8 nitrogen and oxygen atoms in total. The minimum atomic E-state index is -0.566. The summed E-state index contributed by atoms with van der Waals surface area (Å²) in [6.07, 6.45) is 2.18. The highest BCUT2D eigenvalue weighted by Crippen LogP contribution is 2.46. The number of nitrogens with one attached hydrogen (secondary N) is 1. The van der Waals surface area contributed by atoms with Gasteiger partial charge in [0.15, 0.2) is 5.17 Å². The van der Waals surface area contributed by atoms with E-state index in [4.69, 9.17) is 25.8 Å². The van der Waals surface area contributed by atoms with E-state index in [1.807, 2.05) is 28.5 Å². The van der Waals surface area contributed by atoms with Gasteiger partial charge in [0.2, 0.25) is 5.91 Å². The molecule has 0 saturated carbocycles. The number of hydrogen-bond donors (Lipinski definition) is 1. The third-order valence-corrected chi connectivity index (χ3v) is 7.07. The minimum absolute atomic E-state index is 0.0675. The zero-order chi connectivity index (χ0) is 24.1. The number of rotatable bonds is 9. The molecule has 1 aromatic carbocycles. The first-order chi connectivity index (χ1) is 16.5. The molecule has 0 radical (unpaired) electrons. The second kappa shape index (κ2) is 11.4. The highest BCUT2D eigenvalue weighted by atomic mass is 35.5. The first kappa shape index (κ1) is 24.8. The van der Waals surface area contributed by atoms with Crippen molar-refractivity contribution in [2.75, 3.05) is 33.5 Å². The number of carbonyl (C=O) groups is 2. The fourth-order valence-corrected chi connectivity index (χ4v) is 5.38. The molecule has 10 heteroatoms. The Balaban J connectivity index is 1.59. The lowest BCUT2D eigenvalue weighted by Crippen LogP contribution is -2.39. The van der Waals surface area contributed by atoms with Gasteiger partial charge in [0, 0.05) is 31.0 Å². The van der Waals surface area contributed by atoms with Crippen molar-refractivity contribution < 1.29 is 23.8 Å². The summed E-state index contributed by atoms with van der Waals surface area (Å²) in [4.78, 5) is 32.5. The van der Waals surface area contributed by atoms with Gasteiger partial charge in [-0.15, -0.1) is 0 Å². The minimum Gasteiger partial charge on any atom is -0.460 e. The van der Waals surface area contributed by atoms with E-state index in [0.29, 0.717) is 34.6 Å². The quantitative estimate of drug-likeness (QED) is 0.403. The largest absolute Gasteiger partial charge is 0.460 e. The van der Waals surface area contributed by atoms with Crippen molar-refractivity contribution in [2.24, 2.45) is 4.99 Å². The summed E-state index contributed by atoms with van der Waals surface area (Å²) in [6, 6.07) is 6.81. The van der Waals surface area contributed by atoms with E-state index >= 15 is 0 Å². The number of carbonyl (C=O) groups excluding carboxylic acids is 2. The van der Waals surface area contributed by atoms with E-state index in [-0.39, 0.29) is 25.0 Å². The number of esters is 1. The summed E-state index contributed by atoms with van der Waals surface area (Å²) < 4.78 is 16.1. The van der Waals surface area contributed by atoms with Gasteiger partial charge in [-0.25, -0.2) is 9.79 Å². The zero-order valence-electron chi connectivity index (χ0n) is 19.2. The number of benzene rings is 1. The maximum atomic E-state index is 13.2. The van der Waals surface area contributed by atoms with Gasteiger partial charge in [-0.3, -0.25) is 4.79 Å². The second-order valence-electron chi connectivity index (χ2n) is 8.16. The van der Waals surface area contributed by atoms with Crippen LogP contribution in [0.1, 0.15) is 37.8 Å². The van der Waals surface area contributed by atoms with Crippen molar-refractivity contribution in [3.8, 4) is 0 Å². The van der Waals surface area contributed by atoms with Crippen LogP contribution in [0, 0.1) is 0 Å². The van der Waals surface area contributed by atoms with Gasteiger partial charge in [0.05, 0.1) is 36.4 Å². The number of methoxy groups -OCH3 is 1. The molecule has 0 bridgehead atoms. The first-order valence-electron chi connectivity index (χ1n) is 11.2. The van der Waals surface area contributed by atoms with Crippen LogP contribution in [0.15, 0.2) is 51.6 Å². The molecule has 1 amide bonds. The maximum absolute atomic E-state index is 13.2. The molecule has 3 heterocycles. The fourth-order valence-electron chi connectivity index (χ4n) is 4.18. The lowest BCUT2D eigenvalue weighted by Gasteiger charge is -2.36. The molecule has 3 aliphatic rings. The predicted octanol–water partition coefficient (Wildman–Crippen LogP) is 3.79. The molecule has 1 N–H and O–H groups in total. The Labute approximate surface area is 208 Å². The van der Waals surface area contributed by atoms with Crippen LogP contribution < -0.4 is 5.32 Å². The molecule has 1 aromatic rings. The second-order valence-corrected chi connectivity index (χ2v) is 9.40. The Morgan fingerprint density at radius 3 is 2.88 bits per heavy atom. The van der Waals surface area contributed by atoms with Crippen LogP contribution in [0.3, 0.4) is 0 Å². The van der Waals surface area contributed by atoms with Crippen molar-refractivity contribution in [2.45, 2.75) is 38.3 Å². The van der Waals surface area contributed by atoms with E-state index in [1.165, 1.54) is 11.8 Å². The lowest BCUT2D eigenvalue weighted by atomic mass is 9.93. The molecule has 4 rings (SSSR count). The van der Waals surface area contributed by atoms with Crippen LogP contribution in [0.4, 0.5) is 0 Å². The van der Waals surface area contributed by atoms with Crippen molar-refractivity contribution >= 4 is 40.4 Å². The van der Waals surface area contributed by atoms with E-state index in [9.17, 15) is 9.59 Å². The van der Waals surface area contributed by atoms with Gasteiger partial charge in [0.1, 0.15) is 6.61 Å². The molecular weight excluding hydrogens is 478 g/mol. The van der Waals surface area contributed by atoms with Gasteiger partial charge < -0.3 is 24.4 Å². The fraction of sp³-hybridized carbons (Fsp3) is 0.458. The molecule has 0 unspecified atom stereocenters. The number of halogens is 1. The molecule has 182 valence electrons. The van der Waals surface area contributed by atoms with E-state index < -0.39 is 12.0 Å². The lowest BCUT2D eigenvalue weighted by molar-refractivity contribution is -0.141. The molecule has 1 fully saturated rings. The van der Waals surface area contributed by atoms with Gasteiger partial charge >= 0.3 is 5.97 Å². The topological polar surface area (TPSA) is 89.5 Å². The molecule has 34 heavy (non-hydrogen) atoms. The number of allylic oxidation sites excluding steroid dienone is 1. The maximum Gasteiger partial charge on any atom is 0.338 e. The highest BCUT2D eigenvalue weighted by Gasteiger charge is 2.41. The molecule has 0 aliphatic carbocycles. The SMILES string of the molecule is COCCOC(=O)C1=C(C)N=C2SC=C(CC(=O)NC[C@H]3CCCO3)N2[C@H]1c1ccccc1Cl. The van der Waals surface area contributed by atoms with Crippen molar-refractivity contribution in [3.63, 3.8) is 0 Å². The number of hydrogen-bond acceptors (Lipinski definition) is 8. The van der Waals surface area contributed by atoms with Gasteiger partial charge in [0.25, 0.3) is 0 Å². The predicted molar refractivity (Wildman–Crippen MR) is 131 cm³/mol. The monoisotopic (exact) mass is 505 g/mol. The van der Waals surface area contributed by atoms with Gasteiger partial charge in [-0.1, -0.05) is 41.6 Å². The number of amidine groups is 1. The number of thioether (sulfide) groups is 1. The first-order valence-corrected chi connectivity index (χ1v) is 12.5. The summed E-state index contributed by atoms with van der Waals surface area (Å²) in [5.41, 5.74) is 2.43. The van der Waals surface area contributed by atoms with Gasteiger partial charge in [-0.05, 0) is 36.8 Å².